The van der Waals surface area contributed by atoms with Gasteiger partial charge in [-0.15, -0.1) is 0 Å². The molecule has 0 spiro atoms. The number of anilines is 2. The van der Waals surface area contributed by atoms with Crippen LogP contribution in [0, 0.1) is 5.92 Å². The van der Waals surface area contributed by atoms with E-state index in [0.717, 1.165) is 13.0 Å². The van der Waals surface area contributed by atoms with E-state index >= 15 is 0 Å². The Balaban J connectivity index is 1.83. The molecular formula is C17H24N4O4S. The van der Waals surface area contributed by atoms with Crippen LogP contribution in [-0.2, 0) is 19.6 Å². The summed E-state index contributed by atoms with van der Waals surface area (Å²) in [5, 5.41) is 5.27. The molecule has 9 heteroatoms. The van der Waals surface area contributed by atoms with Crippen molar-refractivity contribution in [3.63, 3.8) is 0 Å². The smallest absolute Gasteiger partial charge is 0.243 e. The van der Waals surface area contributed by atoms with E-state index < -0.39 is 27.8 Å². The Morgan fingerprint density at radius 3 is 2.27 bits per heavy atom. The van der Waals surface area contributed by atoms with Crippen molar-refractivity contribution in [1.29, 1.82) is 0 Å². The molecule has 0 bridgehead atoms. The predicted octanol–water partition coefficient (Wildman–Crippen LogP) is 0.930. The Morgan fingerprint density at radius 1 is 1.04 bits per heavy atom. The van der Waals surface area contributed by atoms with Crippen molar-refractivity contribution >= 4 is 33.2 Å². The van der Waals surface area contributed by atoms with E-state index in [1.807, 2.05) is 0 Å². The van der Waals surface area contributed by atoms with Gasteiger partial charge < -0.3 is 15.5 Å². The Labute approximate surface area is 153 Å². The molecule has 2 aliphatic rings. The second kappa shape index (κ2) is 7.34. The molecule has 1 unspecified atom stereocenters. The van der Waals surface area contributed by atoms with Crippen molar-refractivity contribution in [3.8, 4) is 0 Å². The minimum atomic E-state index is -3.65. The van der Waals surface area contributed by atoms with Crippen LogP contribution in [-0.4, -0.2) is 62.2 Å². The molecule has 2 amide bonds. The quantitative estimate of drug-likeness (QED) is 0.757. The van der Waals surface area contributed by atoms with Crippen LogP contribution in [0.25, 0.3) is 0 Å². The van der Waals surface area contributed by atoms with Crippen LogP contribution >= 0.6 is 0 Å². The summed E-state index contributed by atoms with van der Waals surface area (Å²) in [6.07, 6.45) is 1.04. The average molecular weight is 380 g/mol. The predicted molar refractivity (Wildman–Crippen MR) is 98.4 cm³/mol. The molecular weight excluding hydrogens is 356 g/mol. The number of hydrogen-bond donors (Lipinski definition) is 2. The number of sulfonamides is 1. The van der Waals surface area contributed by atoms with Gasteiger partial charge in [-0.2, -0.15) is 4.31 Å². The second-order valence-corrected chi connectivity index (χ2v) is 8.59. The first kappa shape index (κ1) is 18.8. The number of carbonyl (C=O) groups is 2. The molecule has 1 saturated heterocycles. The van der Waals surface area contributed by atoms with Gasteiger partial charge in [0.15, 0.2) is 0 Å². The van der Waals surface area contributed by atoms with Gasteiger partial charge >= 0.3 is 0 Å². The molecule has 142 valence electrons. The van der Waals surface area contributed by atoms with E-state index in [0.29, 0.717) is 37.6 Å². The highest BCUT2D eigenvalue weighted by atomic mass is 32.2. The van der Waals surface area contributed by atoms with Crippen LogP contribution in [0.1, 0.15) is 20.3 Å². The molecule has 1 atom stereocenters. The fourth-order valence-electron chi connectivity index (χ4n) is 3.16. The lowest BCUT2D eigenvalue weighted by Gasteiger charge is -2.33. The molecule has 2 N–H and O–H groups in total. The van der Waals surface area contributed by atoms with Crippen LogP contribution in [0.15, 0.2) is 23.1 Å². The lowest BCUT2D eigenvalue weighted by Crippen LogP contribution is -2.48. The third kappa shape index (κ3) is 3.60. The highest BCUT2D eigenvalue weighted by Crippen LogP contribution is 2.30. The van der Waals surface area contributed by atoms with E-state index in [4.69, 9.17) is 0 Å². The molecule has 2 aliphatic heterocycles. The summed E-state index contributed by atoms with van der Waals surface area (Å²) in [7, 11) is -3.65. The van der Waals surface area contributed by atoms with Crippen LogP contribution in [0.2, 0.25) is 0 Å². The first-order chi connectivity index (χ1) is 12.3. The van der Waals surface area contributed by atoms with Crippen molar-refractivity contribution < 1.29 is 18.0 Å². The van der Waals surface area contributed by atoms with Crippen molar-refractivity contribution in [3.05, 3.63) is 18.2 Å². The zero-order chi connectivity index (χ0) is 18.9. The summed E-state index contributed by atoms with van der Waals surface area (Å²) < 4.78 is 27.4. The topological polar surface area (TPSA) is 98.8 Å². The van der Waals surface area contributed by atoms with E-state index in [-0.39, 0.29) is 4.90 Å². The lowest BCUT2D eigenvalue weighted by molar-refractivity contribution is -0.128. The van der Waals surface area contributed by atoms with Gasteiger partial charge in [0.1, 0.15) is 5.92 Å². The van der Waals surface area contributed by atoms with E-state index in [9.17, 15) is 18.0 Å². The van der Waals surface area contributed by atoms with E-state index in [1.54, 1.807) is 0 Å². The molecule has 3 rings (SSSR count). The maximum Gasteiger partial charge on any atom is 0.243 e. The highest BCUT2D eigenvalue weighted by Gasteiger charge is 2.31. The molecule has 8 nitrogen and oxygen atoms in total. The molecule has 2 heterocycles. The third-order valence-corrected chi connectivity index (χ3v) is 6.70. The maximum atomic E-state index is 12.9. The lowest BCUT2D eigenvalue weighted by atomic mass is 10.1. The first-order valence-electron chi connectivity index (χ1n) is 8.81. The molecule has 26 heavy (non-hydrogen) atoms. The largest absolute Gasteiger partial charge is 0.324 e. The summed E-state index contributed by atoms with van der Waals surface area (Å²) in [5.41, 5.74) is 0.706. The number of amides is 2. The molecule has 1 aromatic carbocycles. The second-order valence-electron chi connectivity index (χ2n) is 6.65. The Bertz CT molecular complexity index is 816. The number of nitrogens with zero attached hydrogens (tertiary/aromatic N) is 2. The van der Waals surface area contributed by atoms with Crippen molar-refractivity contribution in [2.45, 2.75) is 25.2 Å². The van der Waals surface area contributed by atoms with Gasteiger partial charge in [-0.1, -0.05) is 6.92 Å². The summed E-state index contributed by atoms with van der Waals surface area (Å²) in [5.74, 6) is -1.71. The molecule has 0 aromatic heterocycles. The van der Waals surface area contributed by atoms with Crippen LogP contribution < -0.4 is 10.6 Å². The van der Waals surface area contributed by atoms with Crippen LogP contribution in [0.4, 0.5) is 11.4 Å². The Kier molecular flexibility index (Phi) is 5.31. The van der Waals surface area contributed by atoms with Gasteiger partial charge in [-0.3, -0.25) is 9.59 Å². The van der Waals surface area contributed by atoms with E-state index in [2.05, 4.69) is 22.5 Å². The highest BCUT2D eigenvalue weighted by molar-refractivity contribution is 7.89. The number of benzene rings is 1. The first-order valence-corrected chi connectivity index (χ1v) is 10.2. The summed E-state index contributed by atoms with van der Waals surface area (Å²) in [6, 6.07) is 4.40. The molecule has 1 aromatic rings. The summed E-state index contributed by atoms with van der Waals surface area (Å²) >= 11 is 0. The van der Waals surface area contributed by atoms with Gasteiger partial charge in [0.2, 0.25) is 21.8 Å². The van der Waals surface area contributed by atoms with Gasteiger partial charge in [0.05, 0.1) is 16.3 Å². The number of hydrogen-bond acceptors (Lipinski definition) is 5. The fourth-order valence-corrected chi connectivity index (χ4v) is 4.61. The number of carbonyl (C=O) groups excluding carboxylic acids is 2. The number of rotatable bonds is 4. The Morgan fingerprint density at radius 2 is 1.65 bits per heavy atom. The zero-order valence-electron chi connectivity index (χ0n) is 15.0. The summed E-state index contributed by atoms with van der Waals surface area (Å²) in [4.78, 5) is 26.3. The molecule has 1 fully saturated rings. The fraction of sp³-hybridized carbons (Fsp3) is 0.529. The Hall–Kier alpha value is -1.97. The van der Waals surface area contributed by atoms with Crippen LogP contribution in [0.3, 0.4) is 0 Å². The standard InChI is InChI=1S/C17H24N4O4S/c1-3-6-20-7-9-21(10-8-20)26(24,25)13-4-5-14-15(11-13)19-17(23)12(2)16(22)18-14/h4-5,11-12H,3,6-10H2,1-2H3,(H,18,22)(H,19,23). The zero-order valence-corrected chi connectivity index (χ0v) is 15.8. The summed E-state index contributed by atoms with van der Waals surface area (Å²) in [6.45, 7) is 6.89. The number of piperazine rings is 1. The van der Waals surface area contributed by atoms with Crippen molar-refractivity contribution in [2.75, 3.05) is 43.4 Å². The van der Waals surface area contributed by atoms with Crippen molar-refractivity contribution in [1.82, 2.24) is 9.21 Å². The molecule has 0 radical (unpaired) electrons. The minimum Gasteiger partial charge on any atom is -0.324 e. The monoisotopic (exact) mass is 380 g/mol. The maximum absolute atomic E-state index is 12.9. The SMILES string of the molecule is CCCN1CCN(S(=O)(=O)c2ccc3c(c2)NC(=O)C(C)C(=O)N3)CC1. The average Bonchev–Trinajstić information content (AvgIpc) is 2.72. The normalized spacial score (nSPS) is 22.3. The van der Waals surface area contributed by atoms with Crippen molar-refractivity contribution in [2.24, 2.45) is 5.92 Å². The minimum absolute atomic E-state index is 0.115. The van der Waals surface area contributed by atoms with Gasteiger partial charge in [-0.05, 0) is 38.1 Å². The number of nitrogens with one attached hydrogen (secondary N) is 2. The van der Waals surface area contributed by atoms with Gasteiger partial charge in [0, 0.05) is 26.2 Å². The van der Waals surface area contributed by atoms with Gasteiger partial charge in [-0.25, -0.2) is 8.42 Å². The third-order valence-electron chi connectivity index (χ3n) is 4.80. The number of fused-ring (bicyclic) bond motifs is 1. The molecule has 0 aliphatic carbocycles. The molecule has 0 saturated carbocycles. The van der Waals surface area contributed by atoms with Gasteiger partial charge in [0.25, 0.3) is 0 Å². The van der Waals surface area contributed by atoms with Crippen LogP contribution in [0.5, 0.6) is 0 Å². The van der Waals surface area contributed by atoms with E-state index in [1.165, 1.54) is 29.4 Å².